The van der Waals surface area contributed by atoms with E-state index >= 15 is 0 Å². The first kappa shape index (κ1) is 47.0. The lowest BCUT2D eigenvalue weighted by Gasteiger charge is -2.04. The minimum Gasteiger partial charge on any atom is -0.508 e. The van der Waals surface area contributed by atoms with E-state index in [4.69, 9.17) is 66.4 Å². The molecule has 0 aliphatic rings. The molecule has 0 radical (unpaired) electrons. The van der Waals surface area contributed by atoms with Crippen molar-refractivity contribution in [1.82, 2.24) is 0 Å². The van der Waals surface area contributed by atoms with Crippen LogP contribution in [0, 0.1) is 0 Å². The second-order valence-electron chi connectivity index (χ2n) is 11.4. The van der Waals surface area contributed by atoms with E-state index in [9.17, 15) is 29.1 Å². The van der Waals surface area contributed by atoms with Crippen molar-refractivity contribution < 1.29 is 95.5 Å². The van der Waals surface area contributed by atoms with Crippen LogP contribution in [0.4, 0.5) is 0 Å². The fourth-order valence-corrected chi connectivity index (χ4v) is 4.37. The first-order chi connectivity index (χ1) is 28.2. The maximum absolute atomic E-state index is 10.7. The molecule has 6 aromatic rings. The maximum atomic E-state index is 10.7. The number of phenols is 9. The Balaban J connectivity index is 0.000000261. The lowest BCUT2D eigenvalue weighted by Crippen LogP contribution is -1.96. The molecule has 14 N–H and O–H groups in total. The van der Waals surface area contributed by atoms with Crippen molar-refractivity contribution in [3.05, 3.63) is 149 Å². The van der Waals surface area contributed by atoms with Gasteiger partial charge in [0.25, 0.3) is 0 Å². The third kappa shape index (κ3) is 13.9. The van der Waals surface area contributed by atoms with Gasteiger partial charge >= 0.3 is 29.8 Å². The Kier molecular flexibility index (Phi) is 17.1. The molecular formula is C41H34O19. The van der Waals surface area contributed by atoms with Crippen molar-refractivity contribution in [3.8, 4) is 62.9 Å². The van der Waals surface area contributed by atoms with E-state index in [1.807, 2.05) is 30.3 Å². The van der Waals surface area contributed by atoms with Gasteiger partial charge < -0.3 is 71.5 Å². The van der Waals surface area contributed by atoms with Crippen LogP contribution in [0.5, 0.6) is 51.7 Å². The van der Waals surface area contributed by atoms with Crippen molar-refractivity contribution in [2.75, 3.05) is 0 Å². The van der Waals surface area contributed by atoms with Crippen LogP contribution in [-0.4, -0.2) is 101 Å². The van der Waals surface area contributed by atoms with Gasteiger partial charge in [-0.1, -0.05) is 48.5 Å². The predicted octanol–water partition coefficient (Wildman–Crippen LogP) is 5.94. The monoisotopic (exact) mass is 830 g/mol. The number of carbonyl (C=O) groups is 5. The minimum atomic E-state index is -1.35. The van der Waals surface area contributed by atoms with Gasteiger partial charge in [-0.05, 0) is 77.9 Å². The number of aromatic carboxylic acids is 5. The van der Waals surface area contributed by atoms with Crippen molar-refractivity contribution in [2.45, 2.75) is 0 Å². The summed E-state index contributed by atoms with van der Waals surface area (Å²) in [5.74, 6) is -9.45. The van der Waals surface area contributed by atoms with Crippen LogP contribution in [0.1, 0.15) is 51.8 Å². The van der Waals surface area contributed by atoms with Gasteiger partial charge in [-0.2, -0.15) is 0 Å². The highest BCUT2D eigenvalue weighted by Gasteiger charge is 2.14. The Bertz CT molecular complexity index is 2450. The molecule has 19 nitrogen and oxygen atoms in total. The Morgan fingerprint density at radius 2 is 0.750 bits per heavy atom. The molecule has 0 heterocycles. The van der Waals surface area contributed by atoms with Gasteiger partial charge in [0.2, 0.25) is 0 Å². The highest BCUT2D eigenvalue weighted by molar-refractivity contribution is 5.94. The SMILES string of the molecule is O=C(O)c1c(O)cccc1O.O=C(O)c1cc(O)ccc1O.O=C(O)c1ccc(-c2ccccc2)cc1O.O=C(O)c1ccc(O)cc1O.O=C(O)c1cccc(O)c1O. The molecule has 60 heavy (non-hydrogen) atoms. The molecule has 0 aromatic heterocycles. The first-order valence-corrected chi connectivity index (χ1v) is 16.3. The zero-order chi connectivity index (χ0) is 45.3. The van der Waals surface area contributed by atoms with Crippen LogP contribution in [0.25, 0.3) is 11.1 Å². The first-order valence-electron chi connectivity index (χ1n) is 16.3. The number of carboxylic acid groups (broad SMARTS) is 5. The molecule has 0 bridgehead atoms. The van der Waals surface area contributed by atoms with Gasteiger partial charge in [0.05, 0.1) is 0 Å². The summed E-state index contributed by atoms with van der Waals surface area (Å²) >= 11 is 0. The Labute approximate surface area is 336 Å². The summed E-state index contributed by atoms with van der Waals surface area (Å²) in [6.45, 7) is 0. The van der Waals surface area contributed by atoms with Crippen molar-refractivity contribution in [3.63, 3.8) is 0 Å². The summed E-state index contributed by atoms with van der Waals surface area (Å²) in [5.41, 5.74) is 0.364. The fraction of sp³-hybridized carbons (Fsp3) is 0. The van der Waals surface area contributed by atoms with Crippen molar-refractivity contribution in [1.29, 1.82) is 0 Å². The second kappa shape index (κ2) is 21.8. The van der Waals surface area contributed by atoms with Crippen LogP contribution >= 0.6 is 0 Å². The number of para-hydroxylation sites is 1. The summed E-state index contributed by atoms with van der Waals surface area (Å²) < 4.78 is 0. The number of aromatic hydroxyl groups is 9. The Hall–Kier alpha value is -9.13. The number of hydrogen-bond donors (Lipinski definition) is 14. The molecule has 0 aliphatic heterocycles. The van der Waals surface area contributed by atoms with Gasteiger partial charge in [0.1, 0.15) is 68.1 Å². The molecule has 312 valence electrons. The molecule has 0 atom stereocenters. The minimum absolute atomic E-state index is 0.0836. The van der Waals surface area contributed by atoms with E-state index in [0.29, 0.717) is 0 Å². The van der Waals surface area contributed by atoms with Crippen LogP contribution in [0.3, 0.4) is 0 Å². The zero-order valence-electron chi connectivity index (χ0n) is 30.3. The summed E-state index contributed by atoms with van der Waals surface area (Å²) in [4.78, 5) is 51.9. The molecule has 19 heteroatoms. The molecule has 0 fully saturated rings. The van der Waals surface area contributed by atoms with E-state index < -0.39 is 64.2 Å². The summed E-state index contributed by atoms with van der Waals surface area (Å²) in [7, 11) is 0. The van der Waals surface area contributed by atoms with Gasteiger partial charge in [0.15, 0.2) is 11.5 Å². The van der Waals surface area contributed by atoms with Crippen molar-refractivity contribution >= 4 is 29.8 Å². The van der Waals surface area contributed by atoms with Gasteiger partial charge in [-0.15, -0.1) is 0 Å². The van der Waals surface area contributed by atoms with E-state index in [1.54, 1.807) is 6.07 Å². The fourth-order valence-electron chi connectivity index (χ4n) is 4.37. The van der Waals surface area contributed by atoms with E-state index in [-0.39, 0.29) is 45.3 Å². The number of phenolic OH excluding ortho intramolecular Hbond substituents is 3. The van der Waals surface area contributed by atoms with Crippen molar-refractivity contribution in [2.24, 2.45) is 0 Å². The number of carboxylic acids is 5. The third-order valence-electron chi connectivity index (χ3n) is 7.24. The van der Waals surface area contributed by atoms with Gasteiger partial charge in [-0.3, -0.25) is 0 Å². The lowest BCUT2D eigenvalue weighted by molar-refractivity contribution is 0.0679. The number of rotatable bonds is 6. The largest absolute Gasteiger partial charge is 0.508 e. The summed E-state index contributed by atoms with van der Waals surface area (Å²) in [5, 5.41) is 123. The quantitative estimate of drug-likeness (QED) is 0.0681. The van der Waals surface area contributed by atoms with Gasteiger partial charge in [0, 0.05) is 6.07 Å². The normalized spacial score (nSPS) is 9.60. The highest BCUT2D eigenvalue weighted by atomic mass is 16.4. The van der Waals surface area contributed by atoms with Gasteiger partial charge in [-0.25, -0.2) is 24.0 Å². The molecule has 0 spiro atoms. The third-order valence-corrected chi connectivity index (χ3v) is 7.24. The molecule has 0 saturated heterocycles. The molecule has 0 aliphatic carbocycles. The maximum Gasteiger partial charge on any atom is 0.343 e. The van der Waals surface area contributed by atoms with Crippen LogP contribution in [0.15, 0.2) is 121 Å². The van der Waals surface area contributed by atoms with E-state index in [2.05, 4.69) is 0 Å². The van der Waals surface area contributed by atoms with E-state index in [0.717, 1.165) is 35.4 Å². The van der Waals surface area contributed by atoms with Crippen LogP contribution < -0.4 is 0 Å². The molecule has 0 amide bonds. The van der Waals surface area contributed by atoms with Crippen LogP contribution in [-0.2, 0) is 0 Å². The molecule has 6 rings (SSSR count). The predicted molar refractivity (Wildman–Crippen MR) is 207 cm³/mol. The molecule has 6 aromatic carbocycles. The standard InChI is InChI=1S/C13H10O3.4C7H6O4/c14-12-8-10(6-7-11(12)13(15)16)9-4-2-1-3-5-9;8-4-1-2-6(9)5(3-4)7(10)11;8-4-1-2-5(7(10)11)6(9)3-4;8-4-2-1-3-5(9)6(4)7(10)11;8-5-3-1-2-4(6(5)9)7(10)11/h1-8,14H,(H,15,16);4*1-3,8-9H,(H,10,11). The average molecular weight is 831 g/mol. The molecule has 0 saturated carbocycles. The molecular weight excluding hydrogens is 796 g/mol. The van der Waals surface area contributed by atoms with E-state index in [1.165, 1.54) is 60.7 Å². The number of benzene rings is 6. The molecule has 0 unspecified atom stereocenters. The summed E-state index contributed by atoms with van der Waals surface area (Å²) in [6.07, 6.45) is 0. The average Bonchev–Trinajstić information content (AvgIpc) is 3.17. The Morgan fingerprint density at radius 1 is 0.300 bits per heavy atom. The summed E-state index contributed by atoms with van der Waals surface area (Å²) in [6, 6.07) is 28.1. The Morgan fingerprint density at radius 3 is 1.18 bits per heavy atom. The highest BCUT2D eigenvalue weighted by Crippen LogP contribution is 2.29. The topological polar surface area (TPSA) is 369 Å². The smallest absolute Gasteiger partial charge is 0.343 e. The number of hydrogen-bond acceptors (Lipinski definition) is 14. The second-order valence-corrected chi connectivity index (χ2v) is 11.4. The zero-order valence-corrected chi connectivity index (χ0v) is 30.3. The van der Waals surface area contributed by atoms with Crippen LogP contribution in [0.2, 0.25) is 0 Å². The lowest BCUT2D eigenvalue weighted by atomic mass is 10.0.